The van der Waals surface area contributed by atoms with E-state index in [4.69, 9.17) is 0 Å². The van der Waals surface area contributed by atoms with E-state index < -0.39 is 11.7 Å². The van der Waals surface area contributed by atoms with Crippen molar-refractivity contribution in [3.63, 3.8) is 0 Å². The van der Waals surface area contributed by atoms with Crippen molar-refractivity contribution in [3.8, 4) is 0 Å². The fourth-order valence-electron chi connectivity index (χ4n) is 4.04. The van der Waals surface area contributed by atoms with Crippen molar-refractivity contribution in [1.29, 1.82) is 0 Å². The largest absolute Gasteiger partial charge is 0.416 e. The molecule has 1 N–H and O–H groups in total. The molecule has 0 spiro atoms. The second-order valence-corrected chi connectivity index (χ2v) is 7.42. The van der Waals surface area contributed by atoms with Crippen LogP contribution in [0.3, 0.4) is 0 Å². The molecule has 1 aliphatic rings. The summed E-state index contributed by atoms with van der Waals surface area (Å²) < 4.78 is 41.6. The van der Waals surface area contributed by atoms with Gasteiger partial charge in [-0.15, -0.1) is 5.10 Å². The molecule has 2 heterocycles. The van der Waals surface area contributed by atoms with Crippen molar-refractivity contribution >= 4 is 0 Å². The van der Waals surface area contributed by atoms with Gasteiger partial charge in [0.05, 0.1) is 18.7 Å². The summed E-state index contributed by atoms with van der Waals surface area (Å²) in [6, 6.07) is 15.3. The molecule has 1 aliphatic heterocycles. The fourth-order valence-corrected chi connectivity index (χ4v) is 4.04. The van der Waals surface area contributed by atoms with Crippen LogP contribution >= 0.6 is 0 Å². The highest BCUT2D eigenvalue weighted by molar-refractivity contribution is 5.30. The van der Waals surface area contributed by atoms with Gasteiger partial charge in [-0.2, -0.15) is 13.2 Å². The van der Waals surface area contributed by atoms with Crippen LogP contribution in [0.1, 0.15) is 41.4 Å². The number of benzene rings is 2. The molecule has 0 saturated carbocycles. The van der Waals surface area contributed by atoms with Gasteiger partial charge in [0.15, 0.2) is 6.04 Å². The number of hydrogen-bond acceptors (Lipinski definition) is 3. The number of hydrogen-bond donors (Lipinski definition) is 1. The third-order valence-corrected chi connectivity index (χ3v) is 5.47. The third kappa shape index (κ3) is 4.48. The molecule has 0 radical (unpaired) electrons. The number of halogens is 3. The number of quaternary nitrogens is 1. The average Bonchev–Trinajstić information content (AvgIpc) is 3.40. The SMILES string of the molecule is FC(F)(F)c1cccc([C@@H](c2nnnn2CCc2ccccc2)[NH+]2CCCC2)c1. The molecule has 152 valence electrons. The van der Waals surface area contributed by atoms with Gasteiger partial charge in [0.25, 0.3) is 0 Å². The lowest BCUT2D eigenvalue weighted by Gasteiger charge is -2.24. The van der Waals surface area contributed by atoms with Crippen molar-refractivity contribution in [2.24, 2.45) is 0 Å². The third-order valence-electron chi connectivity index (χ3n) is 5.47. The predicted molar refractivity (Wildman–Crippen MR) is 101 cm³/mol. The van der Waals surface area contributed by atoms with Crippen LogP contribution in [0.15, 0.2) is 54.6 Å². The smallest absolute Gasteiger partial charge is 0.322 e. The van der Waals surface area contributed by atoms with Crippen LogP contribution in [0.25, 0.3) is 0 Å². The highest BCUT2D eigenvalue weighted by Gasteiger charge is 2.36. The summed E-state index contributed by atoms with van der Waals surface area (Å²) in [6.07, 6.45) is -1.52. The molecular formula is C21H23F3N5+. The first kappa shape index (κ1) is 19.6. The second kappa shape index (κ2) is 8.32. The fraction of sp³-hybridized carbons (Fsp3) is 0.381. The molecule has 1 fully saturated rings. The Kier molecular flexibility index (Phi) is 5.62. The maximum Gasteiger partial charge on any atom is 0.416 e. The normalized spacial score (nSPS) is 16.2. The lowest BCUT2D eigenvalue weighted by Crippen LogP contribution is -3.10. The van der Waals surface area contributed by atoms with Crippen molar-refractivity contribution in [2.75, 3.05) is 13.1 Å². The number of nitrogens with one attached hydrogen (secondary N) is 1. The van der Waals surface area contributed by atoms with Crippen LogP contribution in [0.5, 0.6) is 0 Å². The number of alkyl halides is 3. The minimum atomic E-state index is -4.37. The van der Waals surface area contributed by atoms with E-state index in [1.165, 1.54) is 17.0 Å². The maximum absolute atomic E-state index is 13.3. The molecule has 3 aromatic rings. The molecule has 5 nitrogen and oxygen atoms in total. The van der Waals surface area contributed by atoms with Crippen LogP contribution < -0.4 is 4.90 Å². The van der Waals surface area contributed by atoms with Gasteiger partial charge in [-0.05, 0) is 34.5 Å². The van der Waals surface area contributed by atoms with Gasteiger partial charge < -0.3 is 4.90 Å². The molecular weight excluding hydrogens is 379 g/mol. The quantitative estimate of drug-likeness (QED) is 0.690. The molecule has 0 unspecified atom stereocenters. The minimum Gasteiger partial charge on any atom is -0.322 e. The summed E-state index contributed by atoms with van der Waals surface area (Å²) in [5.41, 5.74) is 1.13. The van der Waals surface area contributed by atoms with Crippen LogP contribution in [-0.4, -0.2) is 33.3 Å². The number of tetrazole rings is 1. The number of likely N-dealkylation sites (tertiary alicyclic amines) is 1. The number of aromatic nitrogens is 4. The monoisotopic (exact) mass is 402 g/mol. The number of aryl methyl sites for hydroxylation is 2. The Balaban J connectivity index is 1.66. The first-order chi connectivity index (χ1) is 14.0. The highest BCUT2D eigenvalue weighted by atomic mass is 19.4. The van der Waals surface area contributed by atoms with E-state index in [0.717, 1.165) is 44.0 Å². The van der Waals surface area contributed by atoms with Crippen LogP contribution in [0.4, 0.5) is 13.2 Å². The molecule has 29 heavy (non-hydrogen) atoms. The summed E-state index contributed by atoms with van der Waals surface area (Å²) in [4.78, 5) is 1.21. The zero-order valence-electron chi connectivity index (χ0n) is 15.9. The topological polar surface area (TPSA) is 48.0 Å². The van der Waals surface area contributed by atoms with Gasteiger partial charge in [-0.3, -0.25) is 0 Å². The summed E-state index contributed by atoms with van der Waals surface area (Å²) in [7, 11) is 0. The van der Waals surface area contributed by atoms with Crippen molar-refractivity contribution in [1.82, 2.24) is 20.2 Å². The summed E-state index contributed by atoms with van der Waals surface area (Å²) in [6.45, 7) is 2.37. The zero-order valence-corrected chi connectivity index (χ0v) is 15.9. The summed E-state index contributed by atoms with van der Waals surface area (Å²) >= 11 is 0. The molecule has 0 bridgehead atoms. The molecule has 4 rings (SSSR count). The van der Waals surface area contributed by atoms with Crippen LogP contribution in [0.2, 0.25) is 0 Å². The highest BCUT2D eigenvalue weighted by Crippen LogP contribution is 2.31. The zero-order chi connectivity index (χ0) is 20.3. The summed E-state index contributed by atoms with van der Waals surface area (Å²) in [5, 5.41) is 12.2. The second-order valence-electron chi connectivity index (χ2n) is 7.42. The van der Waals surface area contributed by atoms with E-state index in [1.807, 2.05) is 30.3 Å². The van der Waals surface area contributed by atoms with Crippen LogP contribution in [0, 0.1) is 0 Å². The number of nitrogens with zero attached hydrogens (tertiary/aromatic N) is 4. The molecule has 1 aromatic heterocycles. The van der Waals surface area contributed by atoms with Gasteiger partial charge in [-0.25, -0.2) is 4.68 Å². The predicted octanol–water partition coefficient (Wildman–Crippen LogP) is 2.70. The van der Waals surface area contributed by atoms with Gasteiger partial charge in [-0.1, -0.05) is 42.5 Å². The molecule has 2 aromatic carbocycles. The summed E-state index contributed by atoms with van der Waals surface area (Å²) in [5.74, 6) is 0.622. The molecule has 1 atom stereocenters. The molecule has 0 aliphatic carbocycles. The average molecular weight is 402 g/mol. The van der Waals surface area contributed by atoms with Gasteiger partial charge in [0.2, 0.25) is 5.82 Å². The van der Waals surface area contributed by atoms with E-state index >= 15 is 0 Å². The molecule has 0 amide bonds. The Morgan fingerprint density at radius 2 is 1.76 bits per heavy atom. The molecule has 1 saturated heterocycles. The van der Waals surface area contributed by atoms with E-state index in [-0.39, 0.29) is 6.04 Å². The van der Waals surface area contributed by atoms with E-state index in [2.05, 4.69) is 15.5 Å². The van der Waals surface area contributed by atoms with E-state index in [9.17, 15) is 13.2 Å². The van der Waals surface area contributed by atoms with E-state index in [0.29, 0.717) is 17.9 Å². The minimum absolute atomic E-state index is 0.314. The Morgan fingerprint density at radius 3 is 2.48 bits per heavy atom. The van der Waals surface area contributed by atoms with Gasteiger partial charge >= 0.3 is 6.18 Å². The van der Waals surface area contributed by atoms with Crippen LogP contribution in [-0.2, 0) is 19.1 Å². The lowest BCUT2D eigenvalue weighted by atomic mass is 10.0. The van der Waals surface area contributed by atoms with Crippen molar-refractivity contribution in [3.05, 3.63) is 77.1 Å². The van der Waals surface area contributed by atoms with Gasteiger partial charge in [0, 0.05) is 24.9 Å². The standard InChI is InChI=1S/C21H22F3N5/c22-21(23,24)18-10-6-9-17(15-18)19(28-12-4-5-13-28)20-25-26-27-29(20)14-11-16-7-2-1-3-8-16/h1-3,6-10,15,19H,4-5,11-14H2/p+1/t19-/m0/s1. The first-order valence-electron chi connectivity index (χ1n) is 9.84. The Hall–Kier alpha value is -2.74. The Morgan fingerprint density at radius 1 is 1.00 bits per heavy atom. The van der Waals surface area contributed by atoms with Crippen molar-refractivity contribution < 1.29 is 18.1 Å². The Labute approximate surface area is 167 Å². The van der Waals surface area contributed by atoms with Gasteiger partial charge in [0.1, 0.15) is 0 Å². The first-order valence-corrected chi connectivity index (χ1v) is 9.84. The Bertz CT molecular complexity index is 933. The maximum atomic E-state index is 13.3. The lowest BCUT2D eigenvalue weighted by molar-refractivity contribution is -0.914. The molecule has 8 heteroatoms. The van der Waals surface area contributed by atoms with Crippen molar-refractivity contribution in [2.45, 2.75) is 38.0 Å². The number of rotatable bonds is 6. The van der Waals surface area contributed by atoms with E-state index in [1.54, 1.807) is 10.7 Å².